The SMILES string of the molecule is CN1CCCC(N2CCN(CC(O)c3ccc(F)cc3F)CC2)C1. The molecule has 1 N–H and O–H groups in total. The summed E-state index contributed by atoms with van der Waals surface area (Å²) in [6.07, 6.45) is 1.59. The van der Waals surface area contributed by atoms with Gasteiger partial charge in [-0.3, -0.25) is 9.80 Å². The van der Waals surface area contributed by atoms with Gasteiger partial charge in [0.05, 0.1) is 6.10 Å². The van der Waals surface area contributed by atoms with Crippen molar-refractivity contribution in [1.29, 1.82) is 0 Å². The predicted octanol–water partition coefficient (Wildman–Crippen LogP) is 1.71. The second-order valence-electron chi connectivity index (χ2n) is 7.08. The third-order valence-electron chi connectivity index (χ3n) is 5.28. The van der Waals surface area contributed by atoms with E-state index in [9.17, 15) is 13.9 Å². The number of aliphatic hydroxyl groups excluding tert-OH is 1. The van der Waals surface area contributed by atoms with Gasteiger partial charge in [0.1, 0.15) is 11.6 Å². The zero-order valence-electron chi connectivity index (χ0n) is 14.3. The average Bonchev–Trinajstić information content (AvgIpc) is 2.55. The first-order valence-corrected chi connectivity index (χ1v) is 8.81. The number of nitrogens with zero attached hydrogens (tertiary/aromatic N) is 3. The van der Waals surface area contributed by atoms with Crippen LogP contribution in [0.1, 0.15) is 24.5 Å². The summed E-state index contributed by atoms with van der Waals surface area (Å²) in [6, 6.07) is 3.99. The highest BCUT2D eigenvalue weighted by Gasteiger charge is 2.28. The molecule has 2 aliphatic heterocycles. The molecule has 2 atom stereocenters. The Labute approximate surface area is 142 Å². The van der Waals surface area contributed by atoms with Crippen LogP contribution in [0.4, 0.5) is 8.78 Å². The minimum atomic E-state index is -0.919. The number of likely N-dealkylation sites (tertiary alicyclic amines) is 1. The fourth-order valence-electron chi connectivity index (χ4n) is 3.86. The van der Waals surface area contributed by atoms with Crippen LogP contribution in [0.3, 0.4) is 0 Å². The molecule has 6 heteroatoms. The molecule has 2 unspecified atom stereocenters. The molecule has 2 heterocycles. The van der Waals surface area contributed by atoms with Gasteiger partial charge in [-0.05, 0) is 32.5 Å². The number of halogens is 2. The van der Waals surface area contributed by atoms with E-state index in [4.69, 9.17) is 0 Å². The molecule has 1 aromatic rings. The summed E-state index contributed by atoms with van der Waals surface area (Å²) in [5, 5.41) is 10.3. The Morgan fingerprint density at radius 3 is 2.58 bits per heavy atom. The molecule has 1 aromatic carbocycles. The van der Waals surface area contributed by atoms with Crippen molar-refractivity contribution in [2.75, 3.05) is 52.9 Å². The predicted molar refractivity (Wildman–Crippen MR) is 89.8 cm³/mol. The molecule has 3 rings (SSSR count). The molecular weight excluding hydrogens is 312 g/mol. The Hall–Kier alpha value is -1.08. The first-order valence-electron chi connectivity index (χ1n) is 8.81. The minimum Gasteiger partial charge on any atom is -0.387 e. The van der Waals surface area contributed by atoms with E-state index in [0.717, 1.165) is 38.8 Å². The van der Waals surface area contributed by atoms with E-state index in [1.165, 1.54) is 31.5 Å². The van der Waals surface area contributed by atoms with Crippen LogP contribution in [0.2, 0.25) is 0 Å². The summed E-state index contributed by atoms with van der Waals surface area (Å²) in [6.45, 7) is 6.42. The average molecular weight is 339 g/mol. The number of hydrogen-bond donors (Lipinski definition) is 1. The first kappa shape index (κ1) is 17.7. The molecule has 0 radical (unpaired) electrons. The van der Waals surface area contributed by atoms with E-state index in [-0.39, 0.29) is 5.56 Å². The zero-order valence-corrected chi connectivity index (χ0v) is 14.3. The summed E-state index contributed by atoms with van der Waals surface area (Å²) < 4.78 is 26.7. The molecule has 0 spiro atoms. The number of hydrogen-bond acceptors (Lipinski definition) is 4. The van der Waals surface area contributed by atoms with E-state index in [2.05, 4.69) is 21.7 Å². The molecular formula is C18H27F2N3O. The Kier molecular flexibility index (Phi) is 5.81. The summed E-state index contributed by atoms with van der Waals surface area (Å²) >= 11 is 0. The monoisotopic (exact) mass is 339 g/mol. The van der Waals surface area contributed by atoms with Crippen LogP contribution in [0, 0.1) is 11.6 Å². The fourth-order valence-corrected chi connectivity index (χ4v) is 3.86. The number of β-amino-alcohol motifs (C(OH)–C–C–N with tert-alkyl or cyclic N) is 1. The van der Waals surface area contributed by atoms with Gasteiger partial charge in [0.15, 0.2) is 0 Å². The molecule has 2 fully saturated rings. The van der Waals surface area contributed by atoms with E-state index in [1.807, 2.05) is 0 Å². The van der Waals surface area contributed by atoms with Crippen molar-refractivity contribution in [3.63, 3.8) is 0 Å². The molecule has 0 aliphatic carbocycles. The van der Waals surface area contributed by atoms with Gasteiger partial charge in [0.25, 0.3) is 0 Å². The van der Waals surface area contributed by atoms with Crippen LogP contribution in [0.25, 0.3) is 0 Å². The van der Waals surface area contributed by atoms with Crippen LogP contribution in [0.15, 0.2) is 18.2 Å². The fraction of sp³-hybridized carbons (Fsp3) is 0.667. The number of aliphatic hydroxyl groups is 1. The van der Waals surface area contributed by atoms with Crippen molar-refractivity contribution >= 4 is 0 Å². The number of rotatable bonds is 4. The molecule has 0 aromatic heterocycles. The van der Waals surface area contributed by atoms with Crippen molar-refractivity contribution in [1.82, 2.24) is 14.7 Å². The van der Waals surface area contributed by atoms with E-state index in [1.54, 1.807) is 0 Å². The van der Waals surface area contributed by atoms with Gasteiger partial charge < -0.3 is 10.0 Å². The maximum atomic E-state index is 13.8. The maximum absolute atomic E-state index is 13.8. The summed E-state index contributed by atoms with van der Waals surface area (Å²) in [7, 11) is 2.18. The van der Waals surface area contributed by atoms with Gasteiger partial charge in [-0.25, -0.2) is 8.78 Å². The topological polar surface area (TPSA) is 30.0 Å². The number of likely N-dealkylation sites (N-methyl/N-ethyl adjacent to an activating group) is 1. The second-order valence-corrected chi connectivity index (χ2v) is 7.08. The van der Waals surface area contributed by atoms with E-state index in [0.29, 0.717) is 12.6 Å². The van der Waals surface area contributed by atoms with Crippen molar-refractivity contribution in [2.45, 2.75) is 25.0 Å². The molecule has 4 nitrogen and oxygen atoms in total. The maximum Gasteiger partial charge on any atom is 0.131 e. The summed E-state index contributed by atoms with van der Waals surface area (Å²) in [4.78, 5) is 7.09. The van der Waals surface area contributed by atoms with Gasteiger partial charge in [-0.1, -0.05) is 6.07 Å². The lowest BCUT2D eigenvalue weighted by Gasteiger charge is -2.43. The smallest absolute Gasteiger partial charge is 0.131 e. The van der Waals surface area contributed by atoms with Gasteiger partial charge in [-0.2, -0.15) is 0 Å². The Balaban J connectivity index is 1.49. The Morgan fingerprint density at radius 2 is 1.92 bits per heavy atom. The number of piperazine rings is 1. The van der Waals surface area contributed by atoms with Gasteiger partial charge in [0, 0.05) is 56.9 Å². The number of piperidine rings is 1. The van der Waals surface area contributed by atoms with E-state index >= 15 is 0 Å². The van der Waals surface area contributed by atoms with Crippen molar-refractivity contribution in [3.8, 4) is 0 Å². The van der Waals surface area contributed by atoms with Crippen LogP contribution in [-0.2, 0) is 0 Å². The second kappa shape index (κ2) is 7.87. The normalized spacial score (nSPS) is 25.8. The van der Waals surface area contributed by atoms with Crippen LogP contribution in [0.5, 0.6) is 0 Å². The van der Waals surface area contributed by atoms with Crippen LogP contribution in [-0.4, -0.2) is 78.7 Å². The largest absolute Gasteiger partial charge is 0.387 e. The first-order chi connectivity index (χ1) is 11.5. The molecule has 24 heavy (non-hydrogen) atoms. The van der Waals surface area contributed by atoms with Crippen LogP contribution < -0.4 is 0 Å². The highest BCUT2D eigenvalue weighted by atomic mass is 19.1. The highest BCUT2D eigenvalue weighted by Crippen LogP contribution is 2.21. The lowest BCUT2D eigenvalue weighted by Crippen LogP contribution is -2.54. The molecule has 0 amide bonds. The van der Waals surface area contributed by atoms with Gasteiger partial charge in [-0.15, -0.1) is 0 Å². The molecule has 0 bridgehead atoms. The minimum absolute atomic E-state index is 0.174. The van der Waals surface area contributed by atoms with Crippen molar-refractivity contribution in [3.05, 3.63) is 35.4 Å². The molecule has 2 aliphatic rings. The zero-order chi connectivity index (χ0) is 17.1. The Morgan fingerprint density at radius 1 is 1.17 bits per heavy atom. The lowest BCUT2D eigenvalue weighted by atomic mass is 10.0. The number of benzene rings is 1. The Bertz CT molecular complexity index is 549. The van der Waals surface area contributed by atoms with Gasteiger partial charge in [0.2, 0.25) is 0 Å². The molecule has 0 saturated carbocycles. The lowest BCUT2D eigenvalue weighted by molar-refractivity contribution is 0.0363. The highest BCUT2D eigenvalue weighted by molar-refractivity contribution is 5.21. The summed E-state index contributed by atoms with van der Waals surface area (Å²) in [5.41, 5.74) is 0.174. The third-order valence-corrected chi connectivity index (χ3v) is 5.28. The van der Waals surface area contributed by atoms with Gasteiger partial charge >= 0.3 is 0 Å². The molecule has 134 valence electrons. The van der Waals surface area contributed by atoms with Crippen LogP contribution >= 0.6 is 0 Å². The van der Waals surface area contributed by atoms with E-state index < -0.39 is 17.7 Å². The van der Waals surface area contributed by atoms with Crippen molar-refractivity contribution < 1.29 is 13.9 Å². The standard InChI is InChI=1S/C18H27F2N3O/c1-21-6-2-3-15(12-21)23-9-7-22(8-10-23)13-18(24)16-5-4-14(19)11-17(16)20/h4-5,11,15,18,24H,2-3,6-10,12-13H2,1H3. The third kappa shape index (κ3) is 4.30. The molecule has 2 saturated heterocycles. The summed E-state index contributed by atoms with van der Waals surface area (Å²) in [5.74, 6) is -1.29. The van der Waals surface area contributed by atoms with Crippen molar-refractivity contribution in [2.24, 2.45) is 0 Å². The quantitative estimate of drug-likeness (QED) is 0.905.